The Morgan fingerprint density at radius 2 is 2.04 bits per heavy atom. The van der Waals surface area contributed by atoms with E-state index in [2.05, 4.69) is 15.0 Å². The molecule has 0 radical (unpaired) electrons. The Labute approximate surface area is 150 Å². The highest BCUT2D eigenvalue weighted by molar-refractivity contribution is 7.15. The number of aromatic nitrogens is 4. The van der Waals surface area contributed by atoms with Crippen LogP contribution in [0.25, 0.3) is 4.96 Å². The van der Waals surface area contributed by atoms with Crippen molar-refractivity contribution in [3.8, 4) is 0 Å². The van der Waals surface area contributed by atoms with Gasteiger partial charge in [-0.1, -0.05) is 0 Å². The first kappa shape index (κ1) is 16.0. The molecule has 0 N–H and O–H groups in total. The summed E-state index contributed by atoms with van der Waals surface area (Å²) in [5.41, 5.74) is 3.51. The summed E-state index contributed by atoms with van der Waals surface area (Å²) in [4.78, 5) is 31.5. The largest absolute Gasteiger partial charge is 0.362 e. The van der Waals surface area contributed by atoms with Crippen LogP contribution in [0.4, 0.5) is 5.82 Å². The number of thiazole rings is 1. The predicted octanol–water partition coefficient (Wildman–Crippen LogP) is 2.07. The van der Waals surface area contributed by atoms with E-state index in [0.29, 0.717) is 18.8 Å². The van der Waals surface area contributed by atoms with Crippen molar-refractivity contribution in [2.24, 2.45) is 0 Å². The zero-order valence-corrected chi connectivity index (χ0v) is 15.6. The van der Waals surface area contributed by atoms with Gasteiger partial charge in [-0.15, -0.1) is 11.3 Å². The van der Waals surface area contributed by atoms with Crippen LogP contribution in [0.1, 0.15) is 33.3 Å². The molecule has 25 heavy (non-hydrogen) atoms. The molecule has 0 spiro atoms. The minimum absolute atomic E-state index is 0.0109. The highest BCUT2D eigenvalue weighted by Gasteiger charge is 2.29. The average Bonchev–Trinajstić information content (AvgIpc) is 3.12. The lowest BCUT2D eigenvalue weighted by Gasteiger charge is -2.30. The Hall–Kier alpha value is -2.48. The lowest BCUT2D eigenvalue weighted by molar-refractivity contribution is 0.0724. The van der Waals surface area contributed by atoms with Crippen LogP contribution in [0.3, 0.4) is 0 Å². The monoisotopic (exact) mass is 356 g/mol. The molecule has 8 heteroatoms. The number of fused-ring (bicyclic) bond motifs is 2. The fraction of sp³-hybridized carbons (Fsp3) is 0.412. The molecule has 0 bridgehead atoms. The molecule has 4 rings (SSSR count). The molecule has 0 atom stereocenters. The minimum Gasteiger partial charge on any atom is -0.362 e. The van der Waals surface area contributed by atoms with Crippen LogP contribution < -0.4 is 4.90 Å². The lowest BCUT2D eigenvalue weighted by Crippen LogP contribution is -2.38. The van der Waals surface area contributed by atoms with Gasteiger partial charge in [-0.3, -0.25) is 9.20 Å². The number of hydrogen-bond donors (Lipinski definition) is 0. The van der Waals surface area contributed by atoms with E-state index in [9.17, 15) is 4.79 Å². The van der Waals surface area contributed by atoms with E-state index in [0.717, 1.165) is 40.0 Å². The number of carbonyl (C=O) groups excluding carboxylic acids is 1. The third-order valence-electron chi connectivity index (χ3n) is 4.50. The molecule has 3 aromatic heterocycles. The number of hydrogen-bond acceptors (Lipinski definition) is 6. The van der Waals surface area contributed by atoms with Gasteiger partial charge in [0, 0.05) is 37.8 Å². The molecule has 0 fully saturated rings. The number of nitrogens with zero attached hydrogens (tertiary/aromatic N) is 6. The summed E-state index contributed by atoms with van der Waals surface area (Å²) in [6, 6.07) is 0. The number of rotatable bonds is 2. The van der Waals surface area contributed by atoms with Crippen molar-refractivity contribution in [1.82, 2.24) is 24.3 Å². The summed E-state index contributed by atoms with van der Waals surface area (Å²) in [5.74, 6) is 1.70. The van der Waals surface area contributed by atoms with Crippen LogP contribution in [-0.2, 0) is 13.0 Å². The molecule has 130 valence electrons. The van der Waals surface area contributed by atoms with Gasteiger partial charge in [0.2, 0.25) is 0 Å². The van der Waals surface area contributed by atoms with Crippen molar-refractivity contribution < 1.29 is 4.79 Å². The van der Waals surface area contributed by atoms with Crippen molar-refractivity contribution in [2.45, 2.75) is 26.8 Å². The van der Waals surface area contributed by atoms with Crippen LogP contribution in [0.5, 0.6) is 0 Å². The lowest BCUT2D eigenvalue weighted by atomic mass is 10.0. The Balaban J connectivity index is 1.70. The molecular formula is C17H20N6OS. The Bertz CT molecular complexity index is 973. The van der Waals surface area contributed by atoms with E-state index in [1.165, 1.54) is 11.3 Å². The first-order valence-electron chi connectivity index (χ1n) is 8.21. The van der Waals surface area contributed by atoms with Crippen molar-refractivity contribution in [2.75, 3.05) is 25.5 Å². The quantitative estimate of drug-likeness (QED) is 0.703. The second-order valence-electron chi connectivity index (χ2n) is 6.49. The SMILES string of the molecule is Cc1nc2c(c(N(C)C)n1)CCN(C(=O)c1c(C)nc3sccn13)C2. The van der Waals surface area contributed by atoms with Gasteiger partial charge in [0.1, 0.15) is 17.3 Å². The van der Waals surface area contributed by atoms with E-state index in [-0.39, 0.29) is 5.91 Å². The van der Waals surface area contributed by atoms with E-state index < -0.39 is 0 Å². The van der Waals surface area contributed by atoms with Gasteiger partial charge in [-0.2, -0.15) is 0 Å². The zero-order valence-electron chi connectivity index (χ0n) is 14.8. The van der Waals surface area contributed by atoms with Crippen molar-refractivity contribution >= 4 is 28.0 Å². The summed E-state index contributed by atoms with van der Waals surface area (Å²) in [7, 11) is 3.98. The average molecular weight is 356 g/mol. The third kappa shape index (κ3) is 2.57. The van der Waals surface area contributed by atoms with Crippen LogP contribution in [-0.4, -0.2) is 50.8 Å². The predicted molar refractivity (Wildman–Crippen MR) is 97.3 cm³/mol. The van der Waals surface area contributed by atoms with Gasteiger partial charge in [-0.05, 0) is 20.3 Å². The number of carbonyl (C=O) groups is 1. The fourth-order valence-electron chi connectivity index (χ4n) is 3.38. The fourth-order valence-corrected chi connectivity index (χ4v) is 4.14. The van der Waals surface area contributed by atoms with Crippen LogP contribution in [0.15, 0.2) is 11.6 Å². The molecule has 0 saturated heterocycles. The highest BCUT2D eigenvalue weighted by atomic mass is 32.1. The standard InChI is InChI=1S/C17H20N6OS/c1-10-14(23-7-8-25-17(23)18-10)16(24)22-6-5-12-13(9-22)19-11(2)20-15(12)21(3)4/h7-8H,5-6,9H2,1-4H3. The molecule has 0 saturated carbocycles. The number of amides is 1. The molecule has 0 aromatic carbocycles. The first-order valence-corrected chi connectivity index (χ1v) is 9.09. The number of anilines is 1. The maximum Gasteiger partial charge on any atom is 0.273 e. The van der Waals surface area contributed by atoms with E-state index in [1.807, 2.05) is 53.7 Å². The van der Waals surface area contributed by atoms with Gasteiger partial charge in [-0.25, -0.2) is 15.0 Å². The van der Waals surface area contributed by atoms with Crippen LogP contribution in [0.2, 0.25) is 0 Å². The Kier molecular flexibility index (Phi) is 3.72. The molecule has 0 unspecified atom stereocenters. The molecule has 1 aliphatic rings. The molecule has 3 aromatic rings. The summed E-state index contributed by atoms with van der Waals surface area (Å²) in [6.07, 6.45) is 2.67. The van der Waals surface area contributed by atoms with Gasteiger partial charge in [0.15, 0.2) is 4.96 Å². The van der Waals surface area contributed by atoms with Crippen molar-refractivity contribution in [3.63, 3.8) is 0 Å². The van der Waals surface area contributed by atoms with Gasteiger partial charge < -0.3 is 9.80 Å². The summed E-state index contributed by atoms with van der Waals surface area (Å²) in [6.45, 7) is 4.95. The molecular weight excluding hydrogens is 336 g/mol. The van der Waals surface area contributed by atoms with Crippen LogP contribution in [0, 0.1) is 13.8 Å². The smallest absolute Gasteiger partial charge is 0.273 e. The van der Waals surface area contributed by atoms with Crippen LogP contribution >= 0.6 is 11.3 Å². The van der Waals surface area contributed by atoms with E-state index in [4.69, 9.17) is 0 Å². The molecule has 1 amide bonds. The molecule has 1 aliphatic heterocycles. The van der Waals surface area contributed by atoms with Gasteiger partial charge >= 0.3 is 0 Å². The maximum atomic E-state index is 13.1. The first-order chi connectivity index (χ1) is 12.0. The molecule has 4 heterocycles. The van der Waals surface area contributed by atoms with Crippen molar-refractivity contribution in [3.05, 3.63) is 40.0 Å². The normalized spacial score (nSPS) is 14.0. The van der Waals surface area contributed by atoms with E-state index >= 15 is 0 Å². The number of imidazole rings is 1. The topological polar surface area (TPSA) is 66.6 Å². The van der Waals surface area contributed by atoms with Gasteiger partial charge in [0.25, 0.3) is 5.91 Å². The second kappa shape index (κ2) is 5.80. The molecule has 0 aliphatic carbocycles. The minimum atomic E-state index is 0.0109. The Morgan fingerprint density at radius 1 is 1.24 bits per heavy atom. The number of aryl methyl sites for hydroxylation is 2. The summed E-state index contributed by atoms with van der Waals surface area (Å²) < 4.78 is 1.88. The van der Waals surface area contributed by atoms with E-state index in [1.54, 1.807) is 0 Å². The van der Waals surface area contributed by atoms with Gasteiger partial charge in [0.05, 0.1) is 17.9 Å². The second-order valence-corrected chi connectivity index (χ2v) is 7.37. The third-order valence-corrected chi connectivity index (χ3v) is 5.26. The highest BCUT2D eigenvalue weighted by Crippen LogP contribution is 2.27. The Morgan fingerprint density at radius 3 is 2.80 bits per heavy atom. The maximum absolute atomic E-state index is 13.1. The summed E-state index contributed by atoms with van der Waals surface area (Å²) in [5, 5.41) is 1.95. The van der Waals surface area contributed by atoms with Crippen molar-refractivity contribution in [1.29, 1.82) is 0 Å². The summed E-state index contributed by atoms with van der Waals surface area (Å²) >= 11 is 1.54. The molecule has 7 nitrogen and oxygen atoms in total. The zero-order chi connectivity index (χ0) is 17.7.